The number of aliphatic carboxylic acids is 1. The molecule has 1 unspecified atom stereocenters. The fraction of sp³-hybridized carbons (Fsp3) is 0.917. The van der Waals surface area contributed by atoms with Crippen LogP contribution in [0.5, 0.6) is 0 Å². The van der Waals surface area contributed by atoms with E-state index >= 15 is 0 Å². The molecule has 1 heterocycles. The molecule has 1 fully saturated rings. The van der Waals surface area contributed by atoms with Crippen molar-refractivity contribution in [3.63, 3.8) is 0 Å². The molecule has 0 radical (unpaired) electrons. The van der Waals surface area contributed by atoms with Crippen molar-refractivity contribution < 1.29 is 33.6 Å². The predicted octanol–water partition coefficient (Wildman–Crippen LogP) is -0.0737. The third kappa shape index (κ3) is 9.80. The Bertz CT molecular complexity index is 218. The van der Waals surface area contributed by atoms with Crippen LogP contribution >= 0.6 is 0 Å². The van der Waals surface area contributed by atoms with Crippen LogP contribution in [-0.2, 0) is 28.5 Å². The molecule has 1 aliphatic heterocycles. The third-order valence-electron chi connectivity index (χ3n) is 2.40. The minimum Gasteiger partial charge on any atom is -0.481 e. The van der Waals surface area contributed by atoms with Crippen LogP contribution in [0.3, 0.4) is 0 Å². The summed E-state index contributed by atoms with van der Waals surface area (Å²) in [6, 6.07) is 0. The van der Waals surface area contributed by atoms with Gasteiger partial charge in [0, 0.05) is 0 Å². The van der Waals surface area contributed by atoms with Gasteiger partial charge in [-0.3, -0.25) is 4.79 Å². The van der Waals surface area contributed by atoms with Crippen LogP contribution in [0.15, 0.2) is 0 Å². The molecule has 1 saturated heterocycles. The number of carboxylic acids is 1. The fourth-order valence-electron chi connectivity index (χ4n) is 1.51. The van der Waals surface area contributed by atoms with Crippen molar-refractivity contribution in [2.75, 3.05) is 59.5 Å². The van der Waals surface area contributed by atoms with Gasteiger partial charge in [0.1, 0.15) is 0 Å². The van der Waals surface area contributed by atoms with Gasteiger partial charge < -0.3 is 28.8 Å². The van der Waals surface area contributed by atoms with Gasteiger partial charge in [-0.15, -0.1) is 0 Å². The lowest BCUT2D eigenvalue weighted by Crippen LogP contribution is -2.26. The zero-order valence-corrected chi connectivity index (χ0v) is 11.0. The van der Waals surface area contributed by atoms with Crippen molar-refractivity contribution in [1.29, 1.82) is 0 Å². The summed E-state index contributed by atoms with van der Waals surface area (Å²) >= 11 is 0. The van der Waals surface area contributed by atoms with E-state index < -0.39 is 12.1 Å². The van der Waals surface area contributed by atoms with E-state index in [0.717, 1.165) is 0 Å². The van der Waals surface area contributed by atoms with E-state index in [1.807, 2.05) is 0 Å². The summed E-state index contributed by atoms with van der Waals surface area (Å²) in [5, 5.41) is 8.77. The van der Waals surface area contributed by atoms with Gasteiger partial charge in [0.2, 0.25) is 0 Å². The molecule has 0 spiro atoms. The minimum absolute atomic E-state index is 0.0794. The van der Waals surface area contributed by atoms with Gasteiger partial charge in [0.15, 0.2) is 0 Å². The van der Waals surface area contributed by atoms with Gasteiger partial charge in [0.05, 0.1) is 72.0 Å². The second kappa shape index (κ2) is 11.1. The Labute approximate surface area is 112 Å². The van der Waals surface area contributed by atoms with Crippen molar-refractivity contribution in [3.8, 4) is 0 Å². The van der Waals surface area contributed by atoms with Crippen molar-refractivity contribution in [2.45, 2.75) is 12.5 Å². The molecule has 0 aromatic carbocycles. The zero-order chi connectivity index (χ0) is 13.8. The summed E-state index contributed by atoms with van der Waals surface area (Å²) in [6.45, 7) is 3.91. The summed E-state index contributed by atoms with van der Waals surface area (Å²) < 4.78 is 26.6. The molecule has 1 aliphatic rings. The van der Waals surface area contributed by atoms with E-state index in [4.69, 9.17) is 28.8 Å². The van der Waals surface area contributed by atoms with Crippen LogP contribution in [0, 0.1) is 0 Å². The van der Waals surface area contributed by atoms with Crippen LogP contribution in [0.2, 0.25) is 0 Å². The number of carbonyl (C=O) groups is 1. The van der Waals surface area contributed by atoms with E-state index in [9.17, 15) is 4.79 Å². The van der Waals surface area contributed by atoms with Gasteiger partial charge in [-0.25, -0.2) is 0 Å². The van der Waals surface area contributed by atoms with E-state index in [2.05, 4.69) is 0 Å². The van der Waals surface area contributed by atoms with Crippen molar-refractivity contribution in [3.05, 3.63) is 0 Å². The first-order valence-electron chi connectivity index (χ1n) is 6.43. The Hall–Kier alpha value is -0.730. The average Bonchev–Trinajstić information content (AvgIpc) is 2.38. The summed E-state index contributed by atoms with van der Waals surface area (Å²) in [4.78, 5) is 10.7. The standard InChI is InChI=1S/C12H22O7/c13-12(14)9-11-10-18-6-5-16-2-1-15-3-4-17-7-8-19-11/h11H,1-10H2,(H,13,14). The molecule has 0 saturated carbocycles. The Morgan fingerprint density at radius 3 is 1.84 bits per heavy atom. The van der Waals surface area contributed by atoms with Crippen LogP contribution < -0.4 is 0 Å². The highest BCUT2D eigenvalue weighted by molar-refractivity contribution is 5.67. The Kier molecular flexibility index (Phi) is 9.56. The molecule has 0 aromatic heterocycles. The van der Waals surface area contributed by atoms with Crippen LogP contribution in [0.4, 0.5) is 0 Å². The first kappa shape index (κ1) is 16.3. The second-order valence-corrected chi connectivity index (χ2v) is 4.00. The predicted molar refractivity (Wildman–Crippen MR) is 65.3 cm³/mol. The molecular weight excluding hydrogens is 256 g/mol. The topological polar surface area (TPSA) is 83.5 Å². The maximum Gasteiger partial charge on any atom is 0.306 e. The van der Waals surface area contributed by atoms with E-state index in [0.29, 0.717) is 52.9 Å². The van der Waals surface area contributed by atoms with Crippen molar-refractivity contribution >= 4 is 5.97 Å². The van der Waals surface area contributed by atoms with Gasteiger partial charge in [-0.2, -0.15) is 0 Å². The van der Waals surface area contributed by atoms with Crippen molar-refractivity contribution in [2.24, 2.45) is 0 Å². The summed E-state index contributed by atoms with van der Waals surface area (Å²) in [5.41, 5.74) is 0. The van der Waals surface area contributed by atoms with Crippen LogP contribution in [0.1, 0.15) is 6.42 Å². The second-order valence-electron chi connectivity index (χ2n) is 4.00. The lowest BCUT2D eigenvalue weighted by Gasteiger charge is -2.16. The molecule has 1 N–H and O–H groups in total. The number of hydrogen-bond acceptors (Lipinski definition) is 6. The molecule has 1 rings (SSSR count). The highest BCUT2D eigenvalue weighted by atomic mass is 16.6. The van der Waals surface area contributed by atoms with Gasteiger partial charge >= 0.3 is 5.97 Å². The minimum atomic E-state index is -0.905. The normalized spacial score (nSPS) is 25.2. The molecular formula is C12H22O7. The number of ether oxygens (including phenoxy) is 5. The number of rotatable bonds is 2. The zero-order valence-electron chi connectivity index (χ0n) is 11.0. The van der Waals surface area contributed by atoms with E-state index in [1.165, 1.54) is 0 Å². The maximum absolute atomic E-state index is 10.7. The number of carboxylic acid groups (broad SMARTS) is 1. The molecule has 19 heavy (non-hydrogen) atoms. The molecule has 7 heteroatoms. The Morgan fingerprint density at radius 1 is 0.842 bits per heavy atom. The van der Waals surface area contributed by atoms with Gasteiger partial charge in [0.25, 0.3) is 0 Å². The highest BCUT2D eigenvalue weighted by Crippen LogP contribution is 2.01. The molecule has 0 bridgehead atoms. The van der Waals surface area contributed by atoms with E-state index in [1.54, 1.807) is 0 Å². The molecule has 1 atom stereocenters. The summed E-state index contributed by atoms with van der Waals surface area (Å²) in [6.07, 6.45) is -0.535. The Morgan fingerprint density at radius 2 is 1.32 bits per heavy atom. The molecule has 0 amide bonds. The summed E-state index contributed by atoms with van der Waals surface area (Å²) in [5.74, 6) is -0.905. The SMILES string of the molecule is O=C(O)CC1COCCOCCOCCOCCO1. The lowest BCUT2D eigenvalue weighted by molar-refractivity contribution is -0.142. The van der Waals surface area contributed by atoms with Crippen molar-refractivity contribution in [1.82, 2.24) is 0 Å². The highest BCUT2D eigenvalue weighted by Gasteiger charge is 2.14. The van der Waals surface area contributed by atoms with E-state index in [-0.39, 0.29) is 13.0 Å². The van der Waals surface area contributed by atoms with Crippen LogP contribution in [0.25, 0.3) is 0 Å². The summed E-state index contributed by atoms with van der Waals surface area (Å²) in [7, 11) is 0. The molecule has 0 aromatic rings. The monoisotopic (exact) mass is 278 g/mol. The quantitative estimate of drug-likeness (QED) is 0.756. The van der Waals surface area contributed by atoms with Gasteiger partial charge in [-0.1, -0.05) is 0 Å². The first-order chi connectivity index (χ1) is 9.29. The maximum atomic E-state index is 10.7. The van der Waals surface area contributed by atoms with Gasteiger partial charge in [-0.05, 0) is 0 Å². The lowest BCUT2D eigenvalue weighted by atomic mass is 10.3. The fourth-order valence-corrected chi connectivity index (χ4v) is 1.51. The molecule has 0 aliphatic carbocycles. The van der Waals surface area contributed by atoms with Crippen LogP contribution in [-0.4, -0.2) is 76.6 Å². The third-order valence-corrected chi connectivity index (χ3v) is 2.40. The average molecular weight is 278 g/mol. The number of hydrogen-bond donors (Lipinski definition) is 1. The smallest absolute Gasteiger partial charge is 0.306 e. The molecule has 112 valence electrons. The molecule has 7 nitrogen and oxygen atoms in total. The first-order valence-corrected chi connectivity index (χ1v) is 6.43. The largest absolute Gasteiger partial charge is 0.481 e. The Balaban J connectivity index is 2.27.